The van der Waals surface area contributed by atoms with E-state index in [2.05, 4.69) is 15.6 Å². The molecule has 154 valence electrons. The van der Waals surface area contributed by atoms with E-state index in [-0.39, 0.29) is 11.7 Å². The van der Waals surface area contributed by atoms with E-state index in [0.29, 0.717) is 24.2 Å². The van der Waals surface area contributed by atoms with E-state index in [1.807, 2.05) is 6.07 Å². The molecule has 1 aromatic heterocycles. The molecule has 0 bridgehead atoms. The third kappa shape index (κ3) is 5.41. The first-order valence-corrected chi connectivity index (χ1v) is 9.56. The Morgan fingerprint density at radius 2 is 1.83 bits per heavy atom. The van der Waals surface area contributed by atoms with E-state index in [1.54, 1.807) is 61.8 Å². The van der Waals surface area contributed by atoms with Gasteiger partial charge in [-0.3, -0.25) is 14.6 Å². The van der Waals surface area contributed by atoms with Crippen LogP contribution in [0.3, 0.4) is 0 Å². The number of hydrogen-bond donors (Lipinski definition) is 2. The highest BCUT2D eigenvalue weighted by Crippen LogP contribution is 2.20. The third-order valence-electron chi connectivity index (χ3n) is 4.37. The van der Waals surface area contributed by atoms with Gasteiger partial charge in [-0.05, 0) is 42.3 Å². The van der Waals surface area contributed by atoms with Gasteiger partial charge in [0.2, 0.25) is 0 Å². The van der Waals surface area contributed by atoms with Gasteiger partial charge in [0.1, 0.15) is 0 Å². The summed E-state index contributed by atoms with van der Waals surface area (Å²) in [6.07, 6.45) is 2.74. The fraction of sp³-hybridized carbons (Fsp3) is 0.174. The molecule has 0 saturated carbocycles. The minimum atomic E-state index is -0.909. The summed E-state index contributed by atoms with van der Waals surface area (Å²) < 4.78 is 19.4. The van der Waals surface area contributed by atoms with E-state index < -0.39 is 17.8 Å². The monoisotopic (exact) mass is 407 g/mol. The van der Waals surface area contributed by atoms with E-state index in [0.717, 1.165) is 5.56 Å². The zero-order chi connectivity index (χ0) is 21.3. The zero-order valence-electron chi connectivity index (χ0n) is 16.5. The first kappa shape index (κ1) is 21.0. The van der Waals surface area contributed by atoms with E-state index >= 15 is 0 Å². The average molecular weight is 407 g/mol. The quantitative estimate of drug-likeness (QED) is 0.593. The van der Waals surface area contributed by atoms with Crippen molar-refractivity contribution in [2.75, 3.05) is 5.32 Å². The molecular weight excluding hydrogens is 385 g/mol. The van der Waals surface area contributed by atoms with Crippen LogP contribution in [0.25, 0.3) is 0 Å². The van der Waals surface area contributed by atoms with Crippen LogP contribution in [-0.2, 0) is 11.3 Å². The summed E-state index contributed by atoms with van der Waals surface area (Å²) >= 11 is 0. The highest BCUT2D eigenvalue weighted by molar-refractivity contribution is 6.04. The van der Waals surface area contributed by atoms with Gasteiger partial charge in [0.15, 0.2) is 17.7 Å². The molecule has 0 fully saturated rings. The summed E-state index contributed by atoms with van der Waals surface area (Å²) in [5.41, 5.74) is 1.52. The molecule has 0 spiro atoms. The number of para-hydroxylation sites is 2. The standard InChI is InChI=1S/C23H22FN3O3/c1-2-20(30-21-12-6-4-10-18(21)24)23(29)27-19-11-5-3-9-17(19)22(28)26-15-16-8-7-13-25-14-16/h3-14,20H,2,15H2,1H3,(H,26,28)(H,27,29)/t20-/m0/s1. The minimum Gasteiger partial charge on any atom is -0.478 e. The number of pyridine rings is 1. The molecule has 1 atom stereocenters. The first-order chi connectivity index (χ1) is 14.6. The van der Waals surface area contributed by atoms with Crippen molar-refractivity contribution in [3.05, 3.63) is 90.0 Å². The predicted octanol–water partition coefficient (Wildman–Crippen LogP) is 3.95. The van der Waals surface area contributed by atoms with Crippen LogP contribution in [0.4, 0.5) is 10.1 Å². The van der Waals surface area contributed by atoms with Crippen LogP contribution in [0, 0.1) is 5.82 Å². The molecule has 3 rings (SSSR count). The first-order valence-electron chi connectivity index (χ1n) is 9.56. The highest BCUT2D eigenvalue weighted by Gasteiger charge is 2.22. The smallest absolute Gasteiger partial charge is 0.265 e. The van der Waals surface area contributed by atoms with Crippen LogP contribution in [0.5, 0.6) is 5.75 Å². The lowest BCUT2D eigenvalue weighted by molar-refractivity contribution is -0.122. The van der Waals surface area contributed by atoms with Gasteiger partial charge in [-0.1, -0.05) is 37.3 Å². The molecule has 0 aliphatic heterocycles. The van der Waals surface area contributed by atoms with Crippen LogP contribution in [0.1, 0.15) is 29.3 Å². The van der Waals surface area contributed by atoms with Crippen molar-refractivity contribution in [3.8, 4) is 5.75 Å². The lowest BCUT2D eigenvalue weighted by Crippen LogP contribution is -2.33. The van der Waals surface area contributed by atoms with E-state index in [4.69, 9.17) is 4.74 Å². The maximum atomic E-state index is 13.9. The lowest BCUT2D eigenvalue weighted by Gasteiger charge is -2.18. The van der Waals surface area contributed by atoms with Crippen molar-refractivity contribution in [3.63, 3.8) is 0 Å². The molecule has 6 nitrogen and oxygen atoms in total. The SMILES string of the molecule is CC[C@H](Oc1ccccc1F)C(=O)Nc1ccccc1C(=O)NCc1cccnc1. The fourth-order valence-electron chi connectivity index (χ4n) is 2.80. The van der Waals surface area contributed by atoms with Gasteiger partial charge in [0, 0.05) is 18.9 Å². The van der Waals surface area contributed by atoms with Crippen LogP contribution >= 0.6 is 0 Å². The predicted molar refractivity (Wildman–Crippen MR) is 112 cm³/mol. The molecule has 7 heteroatoms. The zero-order valence-corrected chi connectivity index (χ0v) is 16.5. The number of anilines is 1. The summed E-state index contributed by atoms with van der Waals surface area (Å²) in [6.45, 7) is 2.07. The molecule has 1 heterocycles. The van der Waals surface area contributed by atoms with Crippen molar-refractivity contribution in [1.29, 1.82) is 0 Å². The summed E-state index contributed by atoms with van der Waals surface area (Å²) in [4.78, 5) is 29.4. The van der Waals surface area contributed by atoms with Crippen molar-refractivity contribution >= 4 is 17.5 Å². The summed E-state index contributed by atoms with van der Waals surface area (Å²) in [5.74, 6) is -1.34. The molecule has 30 heavy (non-hydrogen) atoms. The maximum Gasteiger partial charge on any atom is 0.265 e. The molecule has 0 unspecified atom stereocenters. The normalized spacial score (nSPS) is 11.4. The number of aromatic nitrogens is 1. The summed E-state index contributed by atoms with van der Waals surface area (Å²) in [7, 11) is 0. The highest BCUT2D eigenvalue weighted by atomic mass is 19.1. The van der Waals surface area contributed by atoms with Gasteiger partial charge in [0.25, 0.3) is 11.8 Å². The Balaban J connectivity index is 1.69. The Hall–Kier alpha value is -3.74. The molecule has 2 N–H and O–H groups in total. The Morgan fingerprint density at radius 3 is 2.57 bits per heavy atom. The molecule has 3 aromatic rings. The maximum absolute atomic E-state index is 13.9. The lowest BCUT2D eigenvalue weighted by atomic mass is 10.1. The molecule has 0 aliphatic carbocycles. The van der Waals surface area contributed by atoms with Crippen LogP contribution in [-0.4, -0.2) is 22.9 Å². The van der Waals surface area contributed by atoms with Crippen LogP contribution in [0.15, 0.2) is 73.1 Å². The number of rotatable bonds is 8. The van der Waals surface area contributed by atoms with Crippen molar-refractivity contribution in [2.24, 2.45) is 0 Å². The Labute approximate surface area is 174 Å². The Kier molecular flexibility index (Phi) is 7.10. The number of halogens is 1. The van der Waals surface area contributed by atoms with Crippen LogP contribution in [0.2, 0.25) is 0 Å². The van der Waals surface area contributed by atoms with E-state index in [9.17, 15) is 14.0 Å². The second kappa shape index (κ2) is 10.2. The number of nitrogens with one attached hydrogen (secondary N) is 2. The Bertz CT molecular complexity index is 1010. The van der Waals surface area contributed by atoms with Gasteiger partial charge < -0.3 is 15.4 Å². The molecule has 0 saturated heterocycles. The summed E-state index contributed by atoms with van der Waals surface area (Å²) in [6, 6.07) is 16.2. The molecular formula is C23H22FN3O3. The Morgan fingerprint density at radius 1 is 1.07 bits per heavy atom. The topological polar surface area (TPSA) is 80.3 Å². The van der Waals surface area contributed by atoms with Crippen molar-refractivity contribution in [2.45, 2.75) is 26.0 Å². The van der Waals surface area contributed by atoms with Crippen molar-refractivity contribution < 1.29 is 18.7 Å². The van der Waals surface area contributed by atoms with Gasteiger partial charge in [-0.15, -0.1) is 0 Å². The van der Waals surface area contributed by atoms with Gasteiger partial charge >= 0.3 is 0 Å². The van der Waals surface area contributed by atoms with E-state index in [1.165, 1.54) is 12.1 Å². The van der Waals surface area contributed by atoms with Crippen LogP contribution < -0.4 is 15.4 Å². The number of nitrogens with zero attached hydrogens (tertiary/aromatic N) is 1. The largest absolute Gasteiger partial charge is 0.478 e. The molecule has 0 aliphatic rings. The fourth-order valence-corrected chi connectivity index (χ4v) is 2.80. The second-order valence-electron chi connectivity index (χ2n) is 6.52. The number of hydrogen-bond acceptors (Lipinski definition) is 4. The third-order valence-corrected chi connectivity index (χ3v) is 4.37. The number of carbonyl (C=O) groups excluding carboxylic acids is 2. The number of carbonyl (C=O) groups is 2. The van der Waals surface area contributed by atoms with Gasteiger partial charge in [-0.25, -0.2) is 4.39 Å². The average Bonchev–Trinajstić information content (AvgIpc) is 2.78. The molecule has 2 amide bonds. The summed E-state index contributed by atoms with van der Waals surface area (Å²) in [5, 5.41) is 5.53. The van der Waals surface area contributed by atoms with Gasteiger partial charge in [-0.2, -0.15) is 0 Å². The minimum absolute atomic E-state index is 0.00185. The molecule has 2 aromatic carbocycles. The van der Waals surface area contributed by atoms with Gasteiger partial charge in [0.05, 0.1) is 11.3 Å². The number of amides is 2. The number of ether oxygens (including phenoxy) is 1. The van der Waals surface area contributed by atoms with Crippen molar-refractivity contribution in [1.82, 2.24) is 10.3 Å². The second-order valence-corrected chi connectivity index (χ2v) is 6.52. The molecule has 0 radical (unpaired) electrons. The number of benzene rings is 2.